The van der Waals surface area contributed by atoms with E-state index in [1.807, 2.05) is 30.6 Å². The summed E-state index contributed by atoms with van der Waals surface area (Å²) in [7, 11) is 0. The van der Waals surface area contributed by atoms with Gasteiger partial charge in [-0.1, -0.05) is 12.1 Å². The number of hydrogen-bond acceptors (Lipinski definition) is 6. The smallest absolute Gasteiger partial charge is 0.261 e. The van der Waals surface area contributed by atoms with E-state index in [2.05, 4.69) is 14.9 Å². The lowest BCUT2D eigenvalue weighted by Gasteiger charge is -2.26. The fourth-order valence-corrected chi connectivity index (χ4v) is 4.14. The number of rotatable bonds is 5. The molecule has 28 heavy (non-hydrogen) atoms. The van der Waals surface area contributed by atoms with Crippen LogP contribution in [-0.4, -0.2) is 37.8 Å². The predicted molar refractivity (Wildman–Crippen MR) is 106 cm³/mol. The van der Waals surface area contributed by atoms with Crippen LogP contribution in [0.1, 0.15) is 49.0 Å². The Morgan fingerprint density at radius 1 is 1.11 bits per heavy atom. The first-order valence-electron chi connectivity index (χ1n) is 9.95. The van der Waals surface area contributed by atoms with Gasteiger partial charge in [-0.2, -0.15) is 0 Å². The molecule has 1 aliphatic heterocycles. The molecule has 7 heteroatoms. The first-order valence-corrected chi connectivity index (χ1v) is 9.95. The molecule has 1 aromatic carbocycles. The quantitative estimate of drug-likeness (QED) is 0.735. The molecule has 3 aromatic rings. The summed E-state index contributed by atoms with van der Waals surface area (Å²) in [6.45, 7) is 0.958. The van der Waals surface area contributed by atoms with Crippen LogP contribution in [0.2, 0.25) is 0 Å². The summed E-state index contributed by atoms with van der Waals surface area (Å²) in [6, 6.07) is 7.31. The molecule has 3 heterocycles. The van der Waals surface area contributed by atoms with Crippen LogP contribution >= 0.6 is 0 Å². The Morgan fingerprint density at radius 2 is 1.89 bits per heavy atom. The van der Waals surface area contributed by atoms with Crippen molar-refractivity contribution in [1.82, 2.24) is 19.5 Å². The van der Waals surface area contributed by atoms with E-state index in [0.29, 0.717) is 28.6 Å². The molecule has 1 unspecified atom stereocenters. The van der Waals surface area contributed by atoms with E-state index >= 15 is 0 Å². The van der Waals surface area contributed by atoms with Crippen LogP contribution in [0.5, 0.6) is 0 Å². The van der Waals surface area contributed by atoms with Gasteiger partial charge in [0.15, 0.2) is 0 Å². The minimum Gasteiger partial charge on any atom is -0.395 e. The molecule has 1 saturated heterocycles. The van der Waals surface area contributed by atoms with Crippen molar-refractivity contribution in [2.75, 3.05) is 18.1 Å². The van der Waals surface area contributed by atoms with Crippen molar-refractivity contribution < 1.29 is 5.11 Å². The van der Waals surface area contributed by atoms with Crippen LogP contribution < -0.4 is 10.5 Å². The Kier molecular flexibility index (Phi) is 4.31. The minimum absolute atomic E-state index is 0.0735. The molecule has 1 N–H and O–H groups in total. The molecule has 5 rings (SSSR count). The third-order valence-corrected chi connectivity index (χ3v) is 5.73. The molecule has 1 saturated carbocycles. The van der Waals surface area contributed by atoms with E-state index < -0.39 is 0 Å². The highest BCUT2D eigenvalue weighted by Crippen LogP contribution is 2.40. The maximum Gasteiger partial charge on any atom is 0.261 e. The normalized spacial score (nSPS) is 19.5. The van der Waals surface area contributed by atoms with Gasteiger partial charge >= 0.3 is 0 Å². The summed E-state index contributed by atoms with van der Waals surface area (Å²) in [5, 5.41) is 10.1. The minimum atomic E-state index is -0.105. The number of para-hydroxylation sites is 1. The molecule has 1 aliphatic carbocycles. The Balaban J connectivity index is 1.57. The van der Waals surface area contributed by atoms with Crippen molar-refractivity contribution in [2.24, 2.45) is 0 Å². The topological polar surface area (TPSA) is 84.1 Å². The molecule has 2 fully saturated rings. The number of aromatic nitrogens is 4. The first-order chi connectivity index (χ1) is 13.8. The van der Waals surface area contributed by atoms with Gasteiger partial charge in [-0.05, 0) is 49.3 Å². The number of fused-ring (bicyclic) bond motifs is 1. The molecule has 0 amide bonds. The largest absolute Gasteiger partial charge is 0.395 e. The standard InChI is InChI=1S/C21H23N5O2/c27-11-10-26-19(24-17-5-2-1-4-16(17)20(26)28)18-6-3-9-25(18)21-22-12-15(13-23-21)14-7-8-14/h1-2,4-5,12-14,18,27H,3,6-11H2. The van der Waals surface area contributed by atoms with E-state index in [0.717, 1.165) is 19.4 Å². The second-order valence-corrected chi connectivity index (χ2v) is 7.61. The third-order valence-electron chi connectivity index (χ3n) is 5.73. The van der Waals surface area contributed by atoms with Gasteiger partial charge in [-0.15, -0.1) is 0 Å². The number of nitrogens with zero attached hydrogens (tertiary/aromatic N) is 5. The van der Waals surface area contributed by atoms with Crippen molar-refractivity contribution in [1.29, 1.82) is 0 Å². The van der Waals surface area contributed by atoms with Crippen molar-refractivity contribution in [3.05, 3.63) is 58.4 Å². The molecule has 2 aromatic heterocycles. The highest BCUT2D eigenvalue weighted by molar-refractivity contribution is 5.77. The average molecular weight is 377 g/mol. The Labute approximate surface area is 162 Å². The molecule has 144 valence electrons. The molecule has 1 atom stereocenters. The summed E-state index contributed by atoms with van der Waals surface area (Å²) in [5.74, 6) is 2.00. The van der Waals surface area contributed by atoms with Gasteiger partial charge in [0, 0.05) is 18.9 Å². The van der Waals surface area contributed by atoms with Gasteiger partial charge in [0.25, 0.3) is 5.56 Å². The lowest BCUT2D eigenvalue weighted by molar-refractivity contribution is 0.270. The molecule has 0 radical (unpaired) electrons. The van der Waals surface area contributed by atoms with E-state index in [1.54, 1.807) is 10.6 Å². The first kappa shape index (κ1) is 17.3. The molecular formula is C21H23N5O2. The number of aliphatic hydroxyl groups is 1. The van der Waals surface area contributed by atoms with Gasteiger partial charge in [-0.3, -0.25) is 9.36 Å². The molecular weight excluding hydrogens is 354 g/mol. The fourth-order valence-electron chi connectivity index (χ4n) is 4.14. The highest BCUT2D eigenvalue weighted by Gasteiger charge is 2.32. The second-order valence-electron chi connectivity index (χ2n) is 7.61. The lowest BCUT2D eigenvalue weighted by Crippen LogP contribution is -2.33. The maximum atomic E-state index is 13.0. The SMILES string of the molecule is O=c1c2ccccc2nc(C2CCCN2c2ncc(C3CC3)cn2)n1CCO. The van der Waals surface area contributed by atoms with Crippen LogP contribution in [0.25, 0.3) is 10.9 Å². The predicted octanol–water partition coefficient (Wildman–Crippen LogP) is 2.40. The van der Waals surface area contributed by atoms with Crippen LogP contribution in [0.3, 0.4) is 0 Å². The van der Waals surface area contributed by atoms with Crippen molar-refractivity contribution in [2.45, 2.75) is 44.2 Å². The summed E-state index contributed by atoms with van der Waals surface area (Å²) in [4.78, 5) is 29.2. The highest BCUT2D eigenvalue weighted by atomic mass is 16.3. The zero-order valence-corrected chi connectivity index (χ0v) is 15.7. The summed E-state index contributed by atoms with van der Waals surface area (Å²) in [6.07, 6.45) is 8.19. The van der Waals surface area contributed by atoms with E-state index in [1.165, 1.54) is 18.4 Å². The molecule has 2 aliphatic rings. The number of aliphatic hydroxyl groups excluding tert-OH is 1. The summed E-state index contributed by atoms with van der Waals surface area (Å²) >= 11 is 0. The van der Waals surface area contributed by atoms with Gasteiger partial charge in [0.05, 0.1) is 30.1 Å². The second kappa shape index (κ2) is 6.98. The monoisotopic (exact) mass is 377 g/mol. The van der Waals surface area contributed by atoms with Crippen LogP contribution in [0.4, 0.5) is 5.95 Å². The summed E-state index contributed by atoms with van der Waals surface area (Å²) in [5.41, 5.74) is 1.79. The average Bonchev–Trinajstić information content (AvgIpc) is 3.47. The van der Waals surface area contributed by atoms with E-state index in [4.69, 9.17) is 4.98 Å². The van der Waals surface area contributed by atoms with E-state index in [-0.39, 0.29) is 24.8 Å². The van der Waals surface area contributed by atoms with Crippen molar-refractivity contribution in [3.8, 4) is 0 Å². The zero-order chi connectivity index (χ0) is 19.1. The van der Waals surface area contributed by atoms with Gasteiger partial charge in [0.2, 0.25) is 5.95 Å². The third kappa shape index (κ3) is 2.96. The van der Waals surface area contributed by atoms with Crippen LogP contribution in [0, 0.1) is 0 Å². The van der Waals surface area contributed by atoms with E-state index in [9.17, 15) is 9.90 Å². The lowest BCUT2D eigenvalue weighted by atomic mass is 10.1. The van der Waals surface area contributed by atoms with Gasteiger partial charge < -0.3 is 10.0 Å². The Hall–Kier alpha value is -2.80. The molecule has 0 spiro atoms. The molecule has 7 nitrogen and oxygen atoms in total. The zero-order valence-electron chi connectivity index (χ0n) is 15.7. The fraction of sp³-hybridized carbons (Fsp3) is 0.429. The van der Waals surface area contributed by atoms with Gasteiger partial charge in [0.1, 0.15) is 5.82 Å². The number of hydrogen-bond donors (Lipinski definition) is 1. The van der Waals surface area contributed by atoms with Gasteiger partial charge in [-0.25, -0.2) is 15.0 Å². The summed E-state index contributed by atoms with van der Waals surface area (Å²) < 4.78 is 1.61. The maximum absolute atomic E-state index is 13.0. The van der Waals surface area contributed by atoms with Crippen molar-refractivity contribution in [3.63, 3.8) is 0 Å². The molecule has 0 bridgehead atoms. The van der Waals surface area contributed by atoms with Crippen molar-refractivity contribution >= 4 is 16.9 Å². The van der Waals surface area contributed by atoms with Crippen LogP contribution in [-0.2, 0) is 6.54 Å². The Morgan fingerprint density at radius 3 is 2.64 bits per heavy atom. The number of anilines is 1. The van der Waals surface area contributed by atoms with Crippen LogP contribution in [0.15, 0.2) is 41.5 Å². The number of benzene rings is 1. The Bertz CT molecular complexity index is 1060.